The predicted molar refractivity (Wildman–Crippen MR) is 138 cm³/mol. The number of anilines is 1. The van der Waals surface area contributed by atoms with E-state index in [4.69, 9.17) is 0 Å². The van der Waals surface area contributed by atoms with Crippen LogP contribution in [-0.4, -0.2) is 30.3 Å². The summed E-state index contributed by atoms with van der Waals surface area (Å²) in [5.74, 6) is -0.362. The number of carbonyl (C=O) groups is 1. The van der Waals surface area contributed by atoms with Gasteiger partial charge in [-0.25, -0.2) is 9.50 Å². The second-order valence-electron chi connectivity index (χ2n) is 9.46. The lowest BCUT2D eigenvalue weighted by atomic mass is 10.0. The first-order valence-corrected chi connectivity index (χ1v) is 12.0. The van der Waals surface area contributed by atoms with Gasteiger partial charge in [0.05, 0.1) is 30.3 Å². The van der Waals surface area contributed by atoms with Crippen molar-refractivity contribution in [2.45, 2.75) is 39.4 Å². The number of alkyl halides is 3. The number of nitrogens with zero attached hydrogens (tertiary/aromatic N) is 5. The minimum Gasteiger partial charge on any atom is -0.319 e. The number of rotatable bonds is 6. The second kappa shape index (κ2) is 9.77. The van der Waals surface area contributed by atoms with E-state index >= 15 is 0 Å². The predicted octanol–water partition coefficient (Wildman–Crippen LogP) is 6.34. The van der Waals surface area contributed by atoms with Crippen molar-refractivity contribution in [2.75, 3.05) is 5.32 Å². The summed E-state index contributed by atoms with van der Waals surface area (Å²) < 4.78 is 44.2. The van der Waals surface area contributed by atoms with Crippen LogP contribution in [0.2, 0.25) is 0 Å². The summed E-state index contributed by atoms with van der Waals surface area (Å²) in [6.45, 7) is 6.57. The van der Waals surface area contributed by atoms with Gasteiger partial charge in [-0.2, -0.15) is 23.4 Å². The molecule has 10 heteroatoms. The maximum atomic E-state index is 13.9. The fourth-order valence-electron chi connectivity index (χ4n) is 4.22. The van der Waals surface area contributed by atoms with Crippen molar-refractivity contribution in [3.05, 3.63) is 101 Å². The van der Waals surface area contributed by atoms with E-state index in [1.54, 1.807) is 23.0 Å². The third kappa shape index (κ3) is 5.15. The Morgan fingerprint density at radius 2 is 1.79 bits per heavy atom. The quantitative estimate of drug-likeness (QED) is 0.284. The molecular weight excluding hydrogens is 493 g/mol. The number of fused-ring (bicyclic) bond motifs is 1. The zero-order valence-electron chi connectivity index (χ0n) is 21.0. The molecule has 0 aliphatic heterocycles. The first-order valence-electron chi connectivity index (χ1n) is 12.0. The van der Waals surface area contributed by atoms with Crippen LogP contribution in [0.25, 0.3) is 16.9 Å². The number of aromatic nitrogens is 5. The highest BCUT2D eigenvalue weighted by molar-refractivity contribution is 6.08. The fourth-order valence-corrected chi connectivity index (χ4v) is 4.22. The van der Waals surface area contributed by atoms with Crippen LogP contribution in [0.5, 0.6) is 0 Å². The molecule has 0 aliphatic rings. The normalized spacial score (nSPS) is 11.9. The molecule has 0 unspecified atom stereocenters. The van der Waals surface area contributed by atoms with Crippen molar-refractivity contribution >= 4 is 17.2 Å². The van der Waals surface area contributed by atoms with Crippen LogP contribution in [0.3, 0.4) is 0 Å². The Balaban J connectivity index is 1.46. The van der Waals surface area contributed by atoms with Gasteiger partial charge in [-0.3, -0.25) is 9.48 Å². The van der Waals surface area contributed by atoms with E-state index in [9.17, 15) is 18.0 Å². The monoisotopic (exact) mass is 518 g/mol. The van der Waals surface area contributed by atoms with Gasteiger partial charge in [0.25, 0.3) is 5.91 Å². The molecule has 0 aliphatic carbocycles. The van der Waals surface area contributed by atoms with Crippen molar-refractivity contribution < 1.29 is 18.0 Å². The van der Waals surface area contributed by atoms with Crippen LogP contribution in [-0.2, 0) is 12.7 Å². The third-order valence-corrected chi connectivity index (χ3v) is 6.20. The highest BCUT2D eigenvalue weighted by atomic mass is 19.4. The highest BCUT2D eigenvalue weighted by Crippen LogP contribution is 2.33. The lowest BCUT2D eigenvalue weighted by Crippen LogP contribution is -2.15. The zero-order valence-corrected chi connectivity index (χ0v) is 21.0. The average molecular weight is 519 g/mol. The van der Waals surface area contributed by atoms with E-state index in [0.29, 0.717) is 22.3 Å². The van der Waals surface area contributed by atoms with Crippen LogP contribution in [0.15, 0.2) is 73.2 Å². The van der Waals surface area contributed by atoms with Gasteiger partial charge in [-0.1, -0.05) is 67.9 Å². The molecule has 1 amide bonds. The van der Waals surface area contributed by atoms with Crippen LogP contribution in [0.4, 0.5) is 18.9 Å². The molecule has 0 spiro atoms. The van der Waals surface area contributed by atoms with E-state index in [1.165, 1.54) is 6.20 Å². The van der Waals surface area contributed by atoms with E-state index in [-0.39, 0.29) is 22.8 Å². The van der Waals surface area contributed by atoms with Gasteiger partial charge < -0.3 is 5.32 Å². The Labute approximate surface area is 216 Å². The summed E-state index contributed by atoms with van der Waals surface area (Å²) in [5, 5.41) is 10.8. The smallest absolute Gasteiger partial charge is 0.319 e. The van der Waals surface area contributed by atoms with Crippen LogP contribution in [0, 0.1) is 6.92 Å². The van der Waals surface area contributed by atoms with Crippen molar-refractivity contribution in [1.82, 2.24) is 24.4 Å². The number of aryl methyl sites for hydroxylation is 1. The molecule has 0 atom stereocenters. The van der Waals surface area contributed by atoms with E-state index < -0.39 is 17.8 Å². The standard InChI is InChI=1S/C28H25F3N6O/c1-17(2)20-7-9-21(10-8-20)24-12-25(28(29,30)31)37-26(35-24)23(14-33-37)27(38)34-22-13-32-36(16-22)15-19-6-4-5-18(3)11-19/h4-14,16-17H,15H2,1-3H3,(H,34,38). The Hall–Kier alpha value is -4.47. The molecular formula is C28H25F3N6O. The average Bonchev–Trinajstić information content (AvgIpc) is 3.49. The number of nitrogens with one attached hydrogen (secondary N) is 1. The largest absolute Gasteiger partial charge is 0.433 e. The molecule has 5 rings (SSSR count). The molecule has 2 aromatic carbocycles. The Kier molecular flexibility index (Phi) is 6.48. The Morgan fingerprint density at radius 1 is 1.03 bits per heavy atom. The molecule has 7 nitrogen and oxygen atoms in total. The fraction of sp³-hybridized carbons (Fsp3) is 0.214. The van der Waals surface area contributed by atoms with Crippen molar-refractivity contribution in [3.63, 3.8) is 0 Å². The molecule has 3 heterocycles. The summed E-state index contributed by atoms with van der Waals surface area (Å²) in [4.78, 5) is 17.5. The third-order valence-electron chi connectivity index (χ3n) is 6.20. The van der Waals surface area contributed by atoms with Crippen molar-refractivity contribution in [3.8, 4) is 11.3 Å². The number of benzene rings is 2. The molecule has 1 N–H and O–H groups in total. The van der Waals surface area contributed by atoms with Gasteiger partial charge in [-0.15, -0.1) is 0 Å². The molecule has 0 saturated carbocycles. The molecule has 0 radical (unpaired) electrons. The lowest BCUT2D eigenvalue weighted by Gasteiger charge is -2.12. The van der Waals surface area contributed by atoms with E-state index in [2.05, 4.69) is 20.5 Å². The zero-order chi connectivity index (χ0) is 27.0. The first kappa shape index (κ1) is 25.2. The molecule has 194 valence electrons. The summed E-state index contributed by atoms with van der Waals surface area (Å²) in [7, 11) is 0. The molecule has 5 aromatic rings. The molecule has 0 saturated heterocycles. The molecule has 0 bridgehead atoms. The molecule has 0 fully saturated rings. The van der Waals surface area contributed by atoms with Gasteiger partial charge in [0.1, 0.15) is 5.56 Å². The van der Waals surface area contributed by atoms with Crippen LogP contribution < -0.4 is 5.32 Å². The van der Waals surface area contributed by atoms with Gasteiger partial charge in [0, 0.05) is 11.8 Å². The summed E-state index contributed by atoms with van der Waals surface area (Å²) in [6.07, 6.45) is -0.474. The highest BCUT2D eigenvalue weighted by Gasteiger charge is 2.36. The van der Waals surface area contributed by atoms with E-state index in [0.717, 1.165) is 29.0 Å². The summed E-state index contributed by atoms with van der Waals surface area (Å²) in [6, 6.07) is 16.1. The van der Waals surface area contributed by atoms with Crippen LogP contribution >= 0.6 is 0 Å². The molecule has 38 heavy (non-hydrogen) atoms. The maximum Gasteiger partial charge on any atom is 0.433 e. The number of hydrogen-bond donors (Lipinski definition) is 1. The Morgan fingerprint density at radius 3 is 2.47 bits per heavy atom. The number of amides is 1. The molecule has 3 aromatic heterocycles. The lowest BCUT2D eigenvalue weighted by molar-refractivity contribution is -0.142. The van der Waals surface area contributed by atoms with Crippen LogP contribution in [0.1, 0.15) is 52.5 Å². The van der Waals surface area contributed by atoms with Gasteiger partial charge in [0.2, 0.25) is 0 Å². The Bertz CT molecular complexity index is 1620. The van der Waals surface area contributed by atoms with Gasteiger partial charge in [0.15, 0.2) is 11.3 Å². The van der Waals surface area contributed by atoms with Crippen molar-refractivity contribution in [2.24, 2.45) is 0 Å². The number of halogens is 3. The number of carbonyl (C=O) groups excluding carboxylic acids is 1. The first-order chi connectivity index (χ1) is 18.1. The SMILES string of the molecule is Cc1cccc(Cn2cc(NC(=O)c3cnn4c(C(F)(F)F)cc(-c5ccc(C(C)C)cc5)nc34)cn2)c1. The van der Waals surface area contributed by atoms with Gasteiger partial charge >= 0.3 is 6.18 Å². The van der Waals surface area contributed by atoms with Gasteiger partial charge in [-0.05, 0) is 30.0 Å². The van der Waals surface area contributed by atoms with E-state index in [1.807, 2.05) is 57.2 Å². The second-order valence-corrected chi connectivity index (χ2v) is 9.46. The summed E-state index contributed by atoms with van der Waals surface area (Å²) in [5.41, 5.74) is 2.94. The minimum atomic E-state index is -4.70. The maximum absolute atomic E-state index is 13.9. The number of hydrogen-bond acceptors (Lipinski definition) is 4. The topological polar surface area (TPSA) is 77.1 Å². The minimum absolute atomic E-state index is 0.0809. The van der Waals surface area contributed by atoms with Crippen molar-refractivity contribution in [1.29, 1.82) is 0 Å². The summed E-state index contributed by atoms with van der Waals surface area (Å²) >= 11 is 0.